The van der Waals surface area contributed by atoms with Crippen LogP contribution in [0.5, 0.6) is 0 Å². The lowest BCUT2D eigenvalue weighted by Crippen LogP contribution is -2.16. The molecule has 0 aliphatic carbocycles. The SMILES string of the molecule is CCn1c(SCc2ccccc2C#N)n[nH]c1=O. The van der Waals surface area contributed by atoms with E-state index in [0.29, 0.717) is 23.0 Å². The minimum Gasteiger partial charge on any atom is -0.270 e. The molecule has 0 fully saturated rings. The molecule has 92 valence electrons. The summed E-state index contributed by atoms with van der Waals surface area (Å²) in [5.41, 5.74) is 1.41. The quantitative estimate of drug-likeness (QED) is 0.850. The van der Waals surface area contributed by atoms with Crippen LogP contribution < -0.4 is 5.69 Å². The molecule has 2 aromatic rings. The van der Waals surface area contributed by atoms with Gasteiger partial charge in [-0.25, -0.2) is 9.89 Å². The summed E-state index contributed by atoms with van der Waals surface area (Å²) in [7, 11) is 0. The van der Waals surface area contributed by atoms with Gasteiger partial charge in [-0.05, 0) is 18.6 Å². The van der Waals surface area contributed by atoms with Gasteiger partial charge in [0, 0.05) is 12.3 Å². The highest BCUT2D eigenvalue weighted by molar-refractivity contribution is 7.98. The highest BCUT2D eigenvalue weighted by atomic mass is 32.2. The van der Waals surface area contributed by atoms with Gasteiger partial charge >= 0.3 is 5.69 Å². The van der Waals surface area contributed by atoms with Gasteiger partial charge in [0.25, 0.3) is 0 Å². The third kappa shape index (κ3) is 2.46. The van der Waals surface area contributed by atoms with Gasteiger partial charge in [-0.3, -0.25) is 4.57 Å². The van der Waals surface area contributed by atoms with Gasteiger partial charge in [-0.2, -0.15) is 5.26 Å². The van der Waals surface area contributed by atoms with Gasteiger partial charge in [0.1, 0.15) is 0 Å². The smallest absolute Gasteiger partial charge is 0.270 e. The van der Waals surface area contributed by atoms with Crippen LogP contribution in [0.2, 0.25) is 0 Å². The zero-order valence-corrected chi connectivity index (χ0v) is 10.7. The molecule has 0 atom stereocenters. The van der Waals surface area contributed by atoms with E-state index in [1.807, 2.05) is 25.1 Å². The van der Waals surface area contributed by atoms with Crippen molar-refractivity contribution < 1.29 is 0 Å². The normalized spacial score (nSPS) is 10.2. The Bertz CT molecular complexity index is 638. The molecule has 0 aliphatic heterocycles. The monoisotopic (exact) mass is 260 g/mol. The van der Waals surface area contributed by atoms with E-state index in [-0.39, 0.29) is 5.69 Å². The summed E-state index contributed by atoms with van der Waals surface area (Å²) in [6.07, 6.45) is 0. The number of hydrogen-bond donors (Lipinski definition) is 1. The summed E-state index contributed by atoms with van der Waals surface area (Å²) in [6, 6.07) is 9.58. The summed E-state index contributed by atoms with van der Waals surface area (Å²) < 4.78 is 1.57. The number of aromatic nitrogens is 3. The van der Waals surface area contributed by atoms with E-state index < -0.39 is 0 Å². The number of nitrogens with one attached hydrogen (secondary N) is 1. The van der Waals surface area contributed by atoms with Crippen LogP contribution in [0.1, 0.15) is 18.1 Å². The van der Waals surface area contributed by atoms with Gasteiger partial charge in [0.2, 0.25) is 0 Å². The molecular formula is C12H12N4OS. The van der Waals surface area contributed by atoms with E-state index in [2.05, 4.69) is 16.3 Å². The predicted molar refractivity (Wildman–Crippen MR) is 69.2 cm³/mol. The maximum Gasteiger partial charge on any atom is 0.343 e. The molecule has 1 aromatic heterocycles. The lowest BCUT2D eigenvalue weighted by molar-refractivity contribution is 0.660. The maximum absolute atomic E-state index is 11.4. The van der Waals surface area contributed by atoms with E-state index in [9.17, 15) is 4.79 Å². The number of benzene rings is 1. The molecule has 0 aliphatic rings. The Morgan fingerprint density at radius 1 is 1.50 bits per heavy atom. The molecule has 2 rings (SSSR count). The van der Waals surface area contributed by atoms with Gasteiger partial charge < -0.3 is 0 Å². The van der Waals surface area contributed by atoms with Gasteiger partial charge in [0.15, 0.2) is 5.16 Å². The zero-order chi connectivity index (χ0) is 13.0. The van der Waals surface area contributed by atoms with E-state index in [1.165, 1.54) is 11.8 Å². The van der Waals surface area contributed by atoms with Crippen molar-refractivity contribution in [1.82, 2.24) is 14.8 Å². The Labute approximate surface area is 108 Å². The Kier molecular flexibility index (Phi) is 3.85. The lowest BCUT2D eigenvalue weighted by atomic mass is 10.1. The van der Waals surface area contributed by atoms with Gasteiger partial charge in [-0.15, -0.1) is 5.10 Å². The van der Waals surface area contributed by atoms with Crippen molar-refractivity contribution in [3.63, 3.8) is 0 Å². The van der Waals surface area contributed by atoms with Crippen LogP contribution in [0, 0.1) is 11.3 Å². The molecule has 1 N–H and O–H groups in total. The number of nitriles is 1. The summed E-state index contributed by atoms with van der Waals surface area (Å²) in [5, 5.41) is 16.0. The number of aromatic amines is 1. The van der Waals surface area contributed by atoms with Crippen LogP contribution in [0.15, 0.2) is 34.2 Å². The highest BCUT2D eigenvalue weighted by Crippen LogP contribution is 2.21. The van der Waals surface area contributed by atoms with Crippen LogP contribution in [0.4, 0.5) is 0 Å². The molecule has 0 spiro atoms. The van der Waals surface area contributed by atoms with E-state index in [4.69, 9.17) is 5.26 Å². The van der Waals surface area contributed by atoms with Crippen LogP contribution in [-0.2, 0) is 12.3 Å². The van der Waals surface area contributed by atoms with Crippen LogP contribution in [-0.4, -0.2) is 14.8 Å². The fourth-order valence-electron chi connectivity index (χ4n) is 1.59. The molecule has 6 heteroatoms. The maximum atomic E-state index is 11.4. The summed E-state index contributed by atoms with van der Waals surface area (Å²) in [6.45, 7) is 2.47. The standard InChI is InChI=1S/C12H12N4OS/c1-2-16-11(17)14-15-12(16)18-8-10-6-4-3-5-9(10)7-13/h3-6H,2,8H2,1H3,(H,14,17). The molecule has 5 nitrogen and oxygen atoms in total. The average molecular weight is 260 g/mol. The van der Waals surface area contributed by atoms with Crippen molar-refractivity contribution in [2.45, 2.75) is 24.4 Å². The van der Waals surface area contributed by atoms with Crippen LogP contribution in [0.25, 0.3) is 0 Å². The first-order chi connectivity index (χ1) is 8.76. The first-order valence-electron chi connectivity index (χ1n) is 5.52. The first-order valence-corrected chi connectivity index (χ1v) is 6.50. The third-order valence-electron chi connectivity index (χ3n) is 2.53. The van der Waals surface area contributed by atoms with E-state index in [0.717, 1.165) is 5.56 Å². The fraction of sp³-hybridized carbons (Fsp3) is 0.250. The Morgan fingerprint density at radius 2 is 2.28 bits per heavy atom. The first kappa shape index (κ1) is 12.5. The zero-order valence-electron chi connectivity index (χ0n) is 9.88. The number of rotatable bonds is 4. The minimum atomic E-state index is -0.200. The molecule has 1 heterocycles. The van der Waals surface area contributed by atoms with Gasteiger partial charge in [-0.1, -0.05) is 30.0 Å². The van der Waals surface area contributed by atoms with Crippen LogP contribution in [0.3, 0.4) is 0 Å². The average Bonchev–Trinajstić information content (AvgIpc) is 2.77. The molecule has 0 amide bonds. The second-order valence-electron chi connectivity index (χ2n) is 3.61. The Balaban J connectivity index is 2.17. The Morgan fingerprint density at radius 3 is 3.00 bits per heavy atom. The second-order valence-corrected chi connectivity index (χ2v) is 4.56. The van der Waals surface area contributed by atoms with E-state index in [1.54, 1.807) is 10.6 Å². The van der Waals surface area contributed by atoms with Crippen molar-refractivity contribution in [3.05, 3.63) is 45.9 Å². The lowest BCUT2D eigenvalue weighted by Gasteiger charge is -2.03. The molecule has 0 radical (unpaired) electrons. The number of thioether (sulfide) groups is 1. The highest BCUT2D eigenvalue weighted by Gasteiger charge is 2.08. The molecule has 1 aromatic carbocycles. The molecule has 0 unspecified atom stereocenters. The molecular weight excluding hydrogens is 248 g/mol. The summed E-state index contributed by atoms with van der Waals surface area (Å²) >= 11 is 1.44. The molecule has 0 saturated carbocycles. The van der Waals surface area contributed by atoms with Crippen molar-refractivity contribution >= 4 is 11.8 Å². The van der Waals surface area contributed by atoms with Crippen molar-refractivity contribution in [2.24, 2.45) is 0 Å². The van der Waals surface area contributed by atoms with Gasteiger partial charge in [0.05, 0.1) is 11.6 Å². The topological polar surface area (TPSA) is 74.5 Å². The predicted octanol–water partition coefficient (Wildman–Crippen LogP) is 1.76. The Hall–Kier alpha value is -2.00. The molecule has 0 bridgehead atoms. The third-order valence-corrected chi connectivity index (χ3v) is 3.56. The number of hydrogen-bond acceptors (Lipinski definition) is 4. The van der Waals surface area contributed by atoms with Crippen molar-refractivity contribution in [3.8, 4) is 6.07 Å². The molecule has 0 saturated heterocycles. The minimum absolute atomic E-state index is 0.200. The fourth-order valence-corrected chi connectivity index (χ4v) is 2.60. The second kappa shape index (κ2) is 5.56. The summed E-state index contributed by atoms with van der Waals surface area (Å²) in [5.74, 6) is 0.619. The van der Waals surface area contributed by atoms with Crippen molar-refractivity contribution in [2.75, 3.05) is 0 Å². The van der Waals surface area contributed by atoms with Crippen molar-refractivity contribution in [1.29, 1.82) is 5.26 Å². The molecule has 18 heavy (non-hydrogen) atoms. The number of H-pyrrole nitrogens is 1. The number of nitrogens with zero attached hydrogens (tertiary/aromatic N) is 3. The van der Waals surface area contributed by atoms with Crippen LogP contribution >= 0.6 is 11.8 Å². The largest absolute Gasteiger partial charge is 0.343 e. The van der Waals surface area contributed by atoms with E-state index >= 15 is 0 Å². The summed E-state index contributed by atoms with van der Waals surface area (Å²) in [4.78, 5) is 11.4.